The van der Waals surface area contributed by atoms with Gasteiger partial charge in [-0.25, -0.2) is 0 Å². The summed E-state index contributed by atoms with van der Waals surface area (Å²) < 4.78 is 0. The Morgan fingerprint density at radius 2 is 2.10 bits per heavy atom. The molecule has 0 aromatic heterocycles. The SMILES string of the molecule is CC1=C(Cl)C(Cl)=CC=CC1. The van der Waals surface area contributed by atoms with E-state index in [2.05, 4.69) is 0 Å². The highest BCUT2D eigenvalue weighted by molar-refractivity contribution is 6.44. The van der Waals surface area contributed by atoms with Crippen LogP contribution in [0.15, 0.2) is 33.9 Å². The first-order valence-electron chi connectivity index (χ1n) is 3.10. The highest BCUT2D eigenvalue weighted by Gasteiger charge is 2.03. The van der Waals surface area contributed by atoms with E-state index >= 15 is 0 Å². The molecule has 0 fully saturated rings. The third-order valence-electron chi connectivity index (χ3n) is 1.39. The minimum absolute atomic E-state index is 0.632. The van der Waals surface area contributed by atoms with E-state index in [9.17, 15) is 0 Å². The van der Waals surface area contributed by atoms with Gasteiger partial charge in [-0.2, -0.15) is 0 Å². The van der Waals surface area contributed by atoms with Crippen LogP contribution in [0.1, 0.15) is 13.3 Å². The van der Waals surface area contributed by atoms with Crippen LogP contribution in [-0.4, -0.2) is 0 Å². The minimum atomic E-state index is 0.632. The van der Waals surface area contributed by atoms with Crippen molar-refractivity contribution in [2.75, 3.05) is 0 Å². The van der Waals surface area contributed by atoms with Gasteiger partial charge in [0.05, 0.1) is 10.1 Å². The smallest absolute Gasteiger partial charge is 0.0591 e. The first-order chi connectivity index (χ1) is 4.72. The summed E-state index contributed by atoms with van der Waals surface area (Å²) in [5, 5.41) is 1.32. The number of allylic oxidation sites excluding steroid dienone is 6. The molecule has 0 nitrogen and oxygen atoms in total. The van der Waals surface area contributed by atoms with Gasteiger partial charge in [0.15, 0.2) is 0 Å². The molecule has 0 atom stereocenters. The number of hydrogen-bond donors (Lipinski definition) is 0. The number of hydrogen-bond acceptors (Lipinski definition) is 0. The largest absolute Gasteiger partial charge is 0.0828 e. The monoisotopic (exact) mass is 174 g/mol. The Balaban J connectivity index is 3.00. The third kappa shape index (κ3) is 1.65. The van der Waals surface area contributed by atoms with E-state index < -0.39 is 0 Å². The van der Waals surface area contributed by atoms with Crippen molar-refractivity contribution in [3.05, 3.63) is 33.9 Å². The van der Waals surface area contributed by atoms with Crippen molar-refractivity contribution in [2.24, 2.45) is 0 Å². The molecule has 0 unspecified atom stereocenters. The molecule has 0 bridgehead atoms. The fourth-order valence-electron chi connectivity index (χ4n) is 0.764. The maximum Gasteiger partial charge on any atom is 0.0591 e. The lowest BCUT2D eigenvalue weighted by Crippen LogP contribution is -1.77. The Hall–Kier alpha value is -0.200. The summed E-state index contributed by atoms with van der Waals surface area (Å²) in [6.07, 6.45) is 6.65. The van der Waals surface area contributed by atoms with Crippen molar-refractivity contribution < 1.29 is 0 Å². The predicted molar refractivity (Wildman–Crippen MR) is 46.2 cm³/mol. The van der Waals surface area contributed by atoms with E-state index in [1.807, 2.05) is 19.1 Å². The van der Waals surface area contributed by atoms with E-state index in [-0.39, 0.29) is 0 Å². The highest BCUT2D eigenvalue weighted by atomic mass is 35.5. The lowest BCUT2D eigenvalue weighted by Gasteiger charge is -1.97. The van der Waals surface area contributed by atoms with Crippen molar-refractivity contribution in [2.45, 2.75) is 13.3 Å². The first-order valence-corrected chi connectivity index (χ1v) is 3.85. The number of rotatable bonds is 0. The Morgan fingerprint density at radius 1 is 1.40 bits per heavy atom. The summed E-state index contributed by atoms with van der Waals surface area (Å²) in [6.45, 7) is 1.98. The van der Waals surface area contributed by atoms with Crippen LogP contribution >= 0.6 is 23.2 Å². The Morgan fingerprint density at radius 3 is 2.80 bits per heavy atom. The van der Waals surface area contributed by atoms with Crippen molar-refractivity contribution in [1.82, 2.24) is 0 Å². The summed E-state index contributed by atoms with van der Waals surface area (Å²) in [4.78, 5) is 0. The molecule has 0 spiro atoms. The Labute approximate surface area is 70.8 Å². The second-order valence-corrected chi connectivity index (χ2v) is 3.03. The van der Waals surface area contributed by atoms with Crippen LogP contribution in [0, 0.1) is 0 Å². The van der Waals surface area contributed by atoms with Gasteiger partial charge in [0.1, 0.15) is 0 Å². The fraction of sp³-hybridized carbons (Fsp3) is 0.250. The van der Waals surface area contributed by atoms with Gasteiger partial charge in [0.2, 0.25) is 0 Å². The molecule has 0 aromatic rings. The van der Waals surface area contributed by atoms with Crippen LogP contribution in [0.3, 0.4) is 0 Å². The molecule has 0 saturated heterocycles. The maximum absolute atomic E-state index is 5.86. The van der Waals surface area contributed by atoms with Gasteiger partial charge < -0.3 is 0 Å². The Bertz CT molecular complexity index is 216. The molecule has 0 heterocycles. The quantitative estimate of drug-likeness (QED) is 0.527. The lowest BCUT2D eigenvalue weighted by atomic mass is 10.2. The zero-order chi connectivity index (χ0) is 7.56. The molecule has 0 aliphatic heterocycles. The Kier molecular flexibility index (Phi) is 2.58. The first kappa shape index (κ1) is 7.90. The van der Waals surface area contributed by atoms with Gasteiger partial charge in [-0.1, -0.05) is 35.4 Å². The van der Waals surface area contributed by atoms with Crippen molar-refractivity contribution in [1.29, 1.82) is 0 Å². The van der Waals surface area contributed by atoms with E-state index in [0.717, 1.165) is 12.0 Å². The molecule has 54 valence electrons. The van der Waals surface area contributed by atoms with Gasteiger partial charge in [0.25, 0.3) is 0 Å². The molecule has 0 N–H and O–H groups in total. The van der Waals surface area contributed by atoms with E-state index in [4.69, 9.17) is 23.2 Å². The molecule has 0 radical (unpaired) electrons. The third-order valence-corrected chi connectivity index (χ3v) is 2.32. The normalized spacial score (nSPS) is 18.9. The summed E-state index contributed by atoms with van der Waals surface area (Å²) in [6, 6.07) is 0. The summed E-state index contributed by atoms with van der Waals surface area (Å²) in [5.41, 5.74) is 1.12. The molecule has 0 amide bonds. The van der Waals surface area contributed by atoms with Gasteiger partial charge in [0, 0.05) is 0 Å². The predicted octanol–water partition coefficient (Wildman–Crippen LogP) is 3.58. The molecule has 0 aromatic carbocycles. The second-order valence-electron chi connectivity index (χ2n) is 2.24. The van der Waals surface area contributed by atoms with Crippen LogP contribution in [0.4, 0.5) is 0 Å². The van der Waals surface area contributed by atoms with E-state index in [1.165, 1.54) is 0 Å². The summed E-state index contributed by atoms with van der Waals surface area (Å²) in [7, 11) is 0. The van der Waals surface area contributed by atoms with Crippen LogP contribution in [0.5, 0.6) is 0 Å². The average Bonchev–Trinajstić information content (AvgIpc) is 2.04. The molecular formula is C8H8Cl2. The topological polar surface area (TPSA) is 0 Å². The van der Waals surface area contributed by atoms with E-state index in [1.54, 1.807) is 6.08 Å². The second kappa shape index (κ2) is 3.27. The molecule has 0 saturated carbocycles. The van der Waals surface area contributed by atoms with Gasteiger partial charge >= 0.3 is 0 Å². The van der Waals surface area contributed by atoms with Crippen molar-refractivity contribution in [3.63, 3.8) is 0 Å². The molecule has 1 aliphatic carbocycles. The van der Waals surface area contributed by atoms with E-state index in [0.29, 0.717) is 10.1 Å². The van der Waals surface area contributed by atoms with Gasteiger partial charge in [-0.3, -0.25) is 0 Å². The molecular weight excluding hydrogens is 167 g/mol. The molecule has 1 rings (SSSR count). The van der Waals surface area contributed by atoms with Crippen LogP contribution in [0.25, 0.3) is 0 Å². The van der Waals surface area contributed by atoms with Gasteiger partial charge in [-0.05, 0) is 25.0 Å². The summed E-state index contributed by atoms with van der Waals surface area (Å²) in [5.74, 6) is 0. The van der Waals surface area contributed by atoms with Gasteiger partial charge in [-0.15, -0.1) is 0 Å². The highest BCUT2D eigenvalue weighted by Crippen LogP contribution is 2.26. The average molecular weight is 175 g/mol. The zero-order valence-corrected chi connectivity index (χ0v) is 7.21. The van der Waals surface area contributed by atoms with Crippen molar-refractivity contribution in [3.8, 4) is 0 Å². The maximum atomic E-state index is 5.86. The number of halogens is 2. The van der Waals surface area contributed by atoms with Crippen LogP contribution < -0.4 is 0 Å². The molecule has 1 aliphatic rings. The van der Waals surface area contributed by atoms with Crippen molar-refractivity contribution >= 4 is 23.2 Å². The molecule has 2 heteroatoms. The van der Waals surface area contributed by atoms with Crippen LogP contribution in [-0.2, 0) is 0 Å². The minimum Gasteiger partial charge on any atom is -0.0828 e. The standard InChI is InChI=1S/C8H8Cl2/c1-6-4-2-3-5-7(9)8(6)10/h2-3,5H,4H2,1H3. The van der Waals surface area contributed by atoms with Crippen LogP contribution in [0.2, 0.25) is 0 Å². The fourth-order valence-corrected chi connectivity index (χ4v) is 1.14. The zero-order valence-electron chi connectivity index (χ0n) is 5.70. The summed E-state index contributed by atoms with van der Waals surface area (Å²) >= 11 is 11.6. The lowest BCUT2D eigenvalue weighted by molar-refractivity contribution is 1.21. The molecule has 10 heavy (non-hydrogen) atoms.